The lowest BCUT2D eigenvalue weighted by atomic mass is 9.92. The Bertz CT molecular complexity index is 513. The van der Waals surface area contributed by atoms with E-state index in [2.05, 4.69) is 42.0 Å². The third kappa shape index (κ3) is 1.47. The summed E-state index contributed by atoms with van der Waals surface area (Å²) < 4.78 is 1.37. The zero-order valence-corrected chi connectivity index (χ0v) is 10.2. The van der Waals surface area contributed by atoms with Crippen LogP contribution >= 0.6 is 11.3 Å². The fourth-order valence-corrected chi connectivity index (χ4v) is 3.34. The Labute approximate surface area is 99.4 Å². The van der Waals surface area contributed by atoms with Crippen LogP contribution in [0.4, 0.5) is 0 Å². The first kappa shape index (κ1) is 10.3. The Morgan fingerprint density at radius 3 is 2.88 bits per heavy atom. The van der Waals surface area contributed by atoms with Crippen LogP contribution in [-0.4, -0.2) is 0 Å². The number of benzene rings is 1. The Morgan fingerprint density at radius 1 is 1.38 bits per heavy atom. The summed E-state index contributed by atoms with van der Waals surface area (Å²) in [5.74, 6) is 5.75. The molecule has 0 spiro atoms. The lowest BCUT2D eigenvalue weighted by Gasteiger charge is -2.23. The summed E-state index contributed by atoms with van der Waals surface area (Å²) >= 11 is 1.81. The van der Waals surface area contributed by atoms with Gasteiger partial charge in [-0.1, -0.05) is 25.1 Å². The fourth-order valence-electron chi connectivity index (χ4n) is 2.40. The quantitative estimate of drug-likeness (QED) is 0.630. The minimum Gasteiger partial charge on any atom is -0.271 e. The molecule has 1 fully saturated rings. The van der Waals surface area contributed by atoms with Crippen molar-refractivity contribution in [3.63, 3.8) is 0 Å². The summed E-state index contributed by atoms with van der Waals surface area (Å²) in [7, 11) is 0. The average Bonchev–Trinajstić information content (AvgIpc) is 2.84. The largest absolute Gasteiger partial charge is 0.271 e. The molecule has 1 aromatic heterocycles. The van der Waals surface area contributed by atoms with Crippen LogP contribution < -0.4 is 11.3 Å². The summed E-state index contributed by atoms with van der Waals surface area (Å²) in [6.45, 7) is 2.31. The Hall–Kier alpha value is -0.900. The van der Waals surface area contributed by atoms with Crippen LogP contribution in [0.5, 0.6) is 0 Å². The molecule has 3 N–H and O–H groups in total. The molecule has 16 heavy (non-hydrogen) atoms. The van der Waals surface area contributed by atoms with Gasteiger partial charge in [0.25, 0.3) is 0 Å². The van der Waals surface area contributed by atoms with Crippen LogP contribution in [0.25, 0.3) is 10.1 Å². The van der Waals surface area contributed by atoms with Crippen LogP contribution in [0, 0.1) is 5.41 Å². The van der Waals surface area contributed by atoms with Gasteiger partial charge in [-0.25, -0.2) is 0 Å². The highest BCUT2D eigenvalue weighted by molar-refractivity contribution is 7.17. The summed E-state index contributed by atoms with van der Waals surface area (Å²) in [5, 5.41) is 3.48. The number of fused-ring (bicyclic) bond motifs is 1. The van der Waals surface area contributed by atoms with Crippen LogP contribution in [0.1, 0.15) is 31.4 Å². The van der Waals surface area contributed by atoms with E-state index >= 15 is 0 Å². The molecule has 1 atom stereocenters. The molecule has 2 aromatic rings. The molecule has 1 aliphatic rings. The van der Waals surface area contributed by atoms with Gasteiger partial charge in [0.05, 0.1) is 6.04 Å². The molecule has 0 amide bonds. The van der Waals surface area contributed by atoms with Gasteiger partial charge < -0.3 is 0 Å². The van der Waals surface area contributed by atoms with Crippen molar-refractivity contribution >= 4 is 21.4 Å². The lowest BCUT2D eigenvalue weighted by molar-refractivity contribution is 0.375. The summed E-state index contributed by atoms with van der Waals surface area (Å²) in [6, 6.07) is 8.95. The van der Waals surface area contributed by atoms with E-state index in [1.807, 2.05) is 0 Å². The number of rotatable bonds is 3. The molecule has 3 rings (SSSR count). The molecule has 1 unspecified atom stereocenters. The zero-order chi connectivity index (χ0) is 11.2. The minimum absolute atomic E-state index is 0.287. The predicted octanol–water partition coefficient (Wildman–Crippen LogP) is 3.21. The second-order valence-corrected chi connectivity index (χ2v) is 5.86. The van der Waals surface area contributed by atoms with Crippen molar-refractivity contribution in [3.05, 3.63) is 35.2 Å². The van der Waals surface area contributed by atoms with Crippen molar-refractivity contribution in [2.75, 3.05) is 0 Å². The summed E-state index contributed by atoms with van der Waals surface area (Å²) in [5.41, 5.74) is 4.72. The van der Waals surface area contributed by atoms with Gasteiger partial charge in [0.15, 0.2) is 0 Å². The van der Waals surface area contributed by atoms with Crippen LogP contribution in [-0.2, 0) is 0 Å². The molecule has 3 heteroatoms. The topological polar surface area (TPSA) is 38.0 Å². The molecule has 0 saturated heterocycles. The highest BCUT2D eigenvalue weighted by Gasteiger charge is 2.45. The molecule has 0 bridgehead atoms. The van der Waals surface area contributed by atoms with Gasteiger partial charge >= 0.3 is 0 Å². The highest BCUT2D eigenvalue weighted by Crippen LogP contribution is 2.55. The van der Waals surface area contributed by atoms with E-state index in [0.717, 1.165) is 0 Å². The highest BCUT2D eigenvalue weighted by atomic mass is 32.1. The molecular formula is C13H16N2S. The van der Waals surface area contributed by atoms with Gasteiger partial charge in [-0.15, -0.1) is 11.3 Å². The van der Waals surface area contributed by atoms with Crippen molar-refractivity contribution in [2.45, 2.75) is 25.8 Å². The van der Waals surface area contributed by atoms with E-state index in [-0.39, 0.29) is 6.04 Å². The van der Waals surface area contributed by atoms with Gasteiger partial charge in [-0.2, -0.15) is 0 Å². The number of hydrogen-bond acceptors (Lipinski definition) is 3. The smallest absolute Gasteiger partial charge is 0.0527 e. The van der Waals surface area contributed by atoms with E-state index in [4.69, 9.17) is 5.84 Å². The first-order chi connectivity index (χ1) is 7.74. The maximum absolute atomic E-state index is 5.75. The summed E-state index contributed by atoms with van der Waals surface area (Å²) in [6.07, 6.45) is 2.53. The van der Waals surface area contributed by atoms with E-state index < -0.39 is 0 Å². The second-order valence-electron chi connectivity index (χ2n) is 4.94. The van der Waals surface area contributed by atoms with E-state index in [9.17, 15) is 0 Å². The van der Waals surface area contributed by atoms with Gasteiger partial charge in [-0.3, -0.25) is 11.3 Å². The van der Waals surface area contributed by atoms with Crippen molar-refractivity contribution in [1.82, 2.24) is 5.43 Å². The molecule has 0 radical (unpaired) electrons. The maximum atomic E-state index is 5.75. The second kappa shape index (κ2) is 3.55. The molecule has 0 aliphatic heterocycles. The molecule has 2 nitrogen and oxygen atoms in total. The normalized spacial score (nSPS) is 19.9. The van der Waals surface area contributed by atoms with E-state index in [1.54, 1.807) is 11.3 Å². The van der Waals surface area contributed by atoms with Crippen molar-refractivity contribution in [2.24, 2.45) is 11.3 Å². The van der Waals surface area contributed by atoms with E-state index in [1.165, 1.54) is 28.5 Å². The third-order valence-corrected chi connectivity index (χ3v) is 4.70. The first-order valence-electron chi connectivity index (χ1n) is 5.67. The number of thiophene rings is 1. The standard InChI is InChI=1S/C13H16N2S/c1-13(6-7-13)12(15-14)10-4-2-3-9-5-8-16-11(9)10/h2-5,8,12,15H,6-7,14H2,1H3. The van der Waals surface area contributed by atoms with Crippen molar-refractivity contribution < 1.29 is 0 Å². The molecule has 1 saturated carbocycles. The van der Waals surface area contributed by atoms with Crippen LogP contribution in [0.2, 0.25) is 0 Å². The van der Waals surface area contributed by atoms with Gasteiger partial charge in [0, 0.05) is 4.70 Å². The van der Waals surface area contributed by atoms with Gasteiger partial charge in [0.2, 0.25) is 0 Å². The fraction of sp³-hybridized carbons (Fsp3) is 0.385. The Balaban J connectivity index is 2.13. The maximum Gasteiger partial charge on any atom is 0.0527 e. The predicted molar refractivity (Wildman–Crippen MR) is 69.2 cm³/mol. The molecule has 1 aliphatic carbocycles. The van der Waals surface area contributed by atoms with E-state index in [0.29, 0.717) is 5.41 Å². The number of nitrogens with two attached hydrogens (primary N) is 1. The SMILES string of the molecule is CC1(C(NN)c2cccc3ccsc23)CC1. The molecule has 84 valence electrons. The molecule has 1 aromatic carbocycles. The first-order valence-corrected chi connectivity index (χ1v) is 6.55. The number of hydrazine groups is 1. The minimum atomic E-state index is 0.287. The van der Waals surface area contributed by atoms with Crippen molar-refractivity contribution in [3.8, 4) is 0 Å². The molecular weight excluding hydrogens is 216 g/mol. The van der Waals surface area contributed by atoms with Crippen molar-refractivity contribution in [1.29, 1.82) is 0 Å². The third-order valence-electron chi connectivity index (χ3n) is 3.72. The van der Waals surface area contributed by atoms with Crippen LogP contribution in [0.3, 0.4) is 0 Å². The van der Waals surface area contributed by atoms with Gasteiger partial charge in [-0.05, 0) is 40.7 Å². The number of hydrogen-bond donors (Lipinski definition) is 2. The Morgan fingerprint density at radius 2 is 2.19 bits per heavy atom. The lowest BCUT2D eigenvalue weighted by Crippen LogP contribution is -2.33. The summed E-state index contributed by atoms with van der Waals surface area (Å²) in [4.78, 5) is 0. The monoisotopic (exact) mass is 232 g/mol. The average molecular weight is 232 g/mol. The Kier molecular flexibility index (Phi) is 2.28. The van der Waals surface area contributed by atoms with Gasteiger partial charge in [0.1, 0.15) is 0 Å². The molecule has 1 heterocycles. The number of nitrogens with one attached hydrogen (secondary N) is 1. The zero-order valence-electron chi connectivity index (χ0n) is 9.36. The van der Waals surface area contributed by atoms with Crippen LogP contribution in [0.15, 0.2) is 29.6 Å².